The van der Waals surface area contributed by atoms with E-state index in [1.54, 1.807) is 13.2 Å². The van der Waals surface area contributed by atoms with Gasteiger partial charge in [0.2, 0.25) is 0 Å². The Balaban J connectivity index is 1.26. The average molecular weight is 544 g/mol. The molecule has 2 heterocycles. The zero-order valence-electron chi connectivity index (χ0n) is 23.1. The van der Waals surface area contributed by atoms with Crippen LogP contribution in [0.4, 0.5) is 5.69 Å². The molecule has 40 heavy (non-hydrogen) atoms. The summed E-state index contributed by atoms with van der Waals surface area (Å²) in [7, 11) is 1.73. The maximum atomic E-state index is 10.9. The zero-order chi connectivity index (χ0) is 27.9. The van der Waals surface area contributed by atoms with Gasteiger partial charge in [-0.1, -0.05) is 24.3 Å². The van der Waals surface area contributed by atoms with Gasteiger partial charge < -0.3 is 34.3 Å². The number of rotatable bonds is 10. The van der Waals surface area contributed by atoms with Crippen molar-refractivity contribution in [1.29, 1.82) is 5.26 Å². The van der Waals surface area contributed by atoms with E-state index in [0.717, 1.165) is 54.2 Å². The molecular weight excluding hydrogens is 506 g/mol. The molecule has 5 rings (SSSR count). The number of aliphatic hydroxyl groups excluding tert-OH is 1. The Labute approximate surface area is 236 Å². The van der Waals surface area contributed by atoms with Crippen LogP contribution >= 0.6 is 0 Å². The lowest BCUT2D eigenvalue weighted by molar-refractivity contribution is -0.0328. The van der Waals surface area contributed by atoms with E-state index in [4.69, 9.17) is 18.9 Å². The summed E-state index contributed by atoms with van der Waals surface area (Å²) < 4.78 is 23.5. The standard InChI is InChI=1S/C32H37N3O5/c1-22-4-8-27(17-25(22)18-33)40-26-9-6-24(7-10-26)32-29(36)19-34-20-31(32)39-21-23-5-11-30-28(16-23)35(13-15-38-30)12-3-14-37-2/h4-11,16-17,29,31-32,34,36H,3,12-15,19-21H2,1-2H3/t29-,31+,32+/m1/s1. The lowest BCUT2D eigenvalue weighted by atomic mass is 9.85. The van der Waals surface area contributed by atoms with Gasteiger partial charge in [-0.2, -0.15) is 5.26 Å². The number of anilines is 1. The maximum Gasteiger partial charge on any atom is 0.142 e. The Morgan fingerprint density at radius 1 is 1.07 bits per heavy atom. The summed E-state index contributed by atoms with van der Waals surface area (Å²) in [5.41, 5.74) is 4.67. The first-order chi connectivity index (χ1) is 19.6. The van der Waals surface area contributed by atoms with Gasteiger partial charge in [0.15, 0.2) is 0 Å². The van der Waals surface area contributed by atoms with Crippen LogP contribution in [-0.2, 0) is 16.1 Å². The summed E-state index contributed by atoms with van der Waals surface area (Å²) in [4.78, 5) is 2.34. The lowest BCUT2D eigenvalue weighted by Crippen LogP contribution is -2.49. The van der Waals surface area contributed by atoms with Gasteiger partial charge in [0, 0.05) is 39.3 Å². The van der Waals surface area contributed by atoms with E-state index in [2.05, 4.69) is 22.4 Å². The number of nitrogens with one attached hydrogen (secondary N) is 1. The van der Waals surface area contributed by atoms with E-state index in [1.807, 2.05) is 55.5 Å². The lowest BCUT2D eigenvalue weighted by Gasteiger charge is -2.36. The van der Waals surface area contributed by atoms with E-state index in [0.29, 0.717) is 43.4 Å². The molecule has 0 saturated carbocycles. The third kappa shape index (κ3) is 6.57. The topological polar surface area (TPSA) is 96.2 Å². The molecule has 2 aliphatic heterocycles. The number of fused-ring (bicyclic) bond motifs is 1. The highest BCUT2D eigenvalue weighted by Crippen LogP contribution is 2.35. The van der Waals surface area contributed by atoms with Crippen molar-refractivity contribution >= 4 is 5.69 Å². The van der Waals surface area contributed by atoms with Gasteiger partial charge in [-0.05, 0) is 66.4 Å². The number of β-amino-alcohol motifs (C(OH)–C–C–N with tert-alkyl or cyclic N) is 1. The number of aryl methyl sites for hydroxylation is 1. The molecule has 0 bridgehead atoms. The first-order valence-electron chi connectivity index (χ1n) is 13.8. The van der Waals surface area contributed by atoms with Crippen LogP contribution < -0.4 is 19.7 Å². The summed E-state index contributed by atoms with van der Waals surface area (Å²) in [5.74, 6) is 2.01. The molecule has 0 aromatic heterocycles. The molecular formula is C32H37N3O5. The summed E-state index contributed by atoms with van der Waals surface area (Å²) in [6.07, 6.45) is 0.185. The maximum absolute atomic E-state index is 10.9. The monoisotopic (exact) mass is 543 g/mol. The van der Waals surface area contributed by atoms with E-state index >= 15 is 0 Å². The Hall–Kier alpha value is -3.61. The molecule has 0 amide bonds. The van der Waals surface area contributed by atoms with Crippen molar-refractivity contribution in [2.45, 2.75) is 38.1 Å². The van der Waals surface area contributed by atoms with Gasteiger partial charge in [-0.3, -0.25) is 0 Å². The molecule has 0 spiro atoms. The van der Waals surface area contributed by atoms with Crippen molar-refractivity contribution in [2.75, 3.05) is 51.4 Å². The molecule has 3 aromatic carbocycles. The van der Waals surface area contributed by atoms with Crippen LogP contribution in [0, 0.1) is 18.3 Å². The van der Waals surface area contributed by atoms with E-state index in [1.165, 1.54) is 0 Å². The molecule has 1 fully saturated rings. The molecule has 0 unspecified atom stereocenters. The Bertz CT molecular complexity index is 1320. The van der Waals surface area contributed by atoms with Gasteiger partial charge in [0.05, 0.1) is 42.7 Å². The second-order valence-corrected chi connectivity index (χ2v) is 10.3. The van der Waals surface area contributed by atoms with Gasteiger partial charge in [-0.15, -0.1) is 0 Å². The van der Waals surface area contributed by atoms with Crippen LogP contribution in [0.15, 0.2) is 60.7 Å². The fourth-order valence-electron chi connectivity index (χ4n) is 5.40. The van der Waals surface area contributed by atoms with Crippen LogP contribution in [0.1, 0.15) is 34.6 Å². The number of hydrogen-bond donors (Lipinski definition) is 2. The quantitative estimate of drug-likeness (QED) is 0.360. The molecule has 1 saturated heterocycles. The molecule has 3 aromatic rings. The molecule has 8 nitrogen and oxygen atoms in total. The highest BCUT2D eigenvalue weighted by molar-refractivity contribution is 5.61. The van der Waals surface area contributed by atoms with Gasteiger partial charge in [0.25, 0.3) is 0 Å². The van der Waals surface area contributed by atoms with Crippen LogP contribution in [0.2, 0.25) is 0 Å². The third-order valence-corrected chi connectivity index (χ3v) is 7.57. The predicted octanol–water partition coefficient (Wildman–Crippen LogP) is 4.53. The minimum atomic E-state index is -0.575. The molecule has 0 aliphatic carbocycles. The number of benzene rings is 3. The van der Waals surface area contributed by atoms with Gasteiger partial charge >= 0.3 is 0 Å². The Morgan fingerprint density at radius 2 is 1.90 bits per heavy atom. The number of piperidine rings is 1. The second-order valence-electron chi connectivity index (χ2n) is 10.3. The smallest absolute Gasteiger partial charge is 0.142 e. The Morgan fingerprint density at radius 3 is 2.70 bits per heavy atom. The molecule has 8 heteroatoms. The van der Waals surface area contributed by atoms with Crippen LogP contribution in [-0.4, -0.2) is 63.8 Å². The molecule has 2 aliphatic rings. The van der Waals surface area contributed by atoms with Crippen molar-refractivity contribution in [3.63, 3.8) is 0 Å². The summed E-state index contributed by atoms with van der Waals surface area (Å²) in [6, 6.07) is 21.7. The first-order valence-corrected chi connectivity index (χ1v) is 13.8. The van der Waals surface area contributed by atoms with Crippen LogP contribution in [0.25, 0.3) is 0 Å². The SMILES string of the molecule is COCCCN1CCOc2ccc(CO[C@H]3CNC[C@@H](O)[C@@H]3c3ccc(Oc4ccc(C)c(C#N)c4)cc3)cc21. The Kier molecular flexibility index (Phi) is 9.19. The zero-order valence-corrected chi connectivity index (χ0v) is 23.1. The van der Waals surface area contributed by atoms with Crippen LogP contribution in [0.5, 0.6) is 17.2 Å². The van der Waals surface area contributed by atoms with Crippen molar-refractivity contribution in [2.24, 2.45) is 0 Å². The summed E-state index contributed by atoms with van der Waals surface area (Å²) >= 11 is 0. The second kappa shape index (κ2) is 13.2. The van der Waals surface area contributed by atoms with Gasteiger partial charge in [-0.25, -0.2) is 0 Å². The van der Waals surface area contributed by atoms with Crippen LogP contribution in [0.3, 0.4) is 0 Å². The number of ether oxygens (including phenoxy) is 4. The van der Waals surface area contributed by atoms with Crippen molar-refractivity contribution in [3.05, 3.63) is 82.9 Å². The fourth-order valence-corrected chi connectivity index (χ4v) is 5.40. The van der Waals surface area contributed by atoms with E-state index in [-0.39, 0.29) is 12.0 Å². The first kappa shape index (κ1) is 27.9. The predicted molar refractivity (Wildman–Crippen MR) is 153 cm³/mol. The molecule has 0 radical (unpaired) electrons. The molecule has 210 valence electrons. The number of hydrogen-bond acceptors (Lipinski definition) is 8. The van der Waals surface area contributed by atoms with Gasteiger partial charge in [0.1, 0.15) is 23.9 Å². The fraction of sp³-hybridized carbons (Fsp3) is 0.406. The minimum absolute atomic E-state index is 0.175. The van der Waals surface area contributed by atoms with Crippen molar-refractivity contribution in [1.82, 2.24) is 5.32 Å². The summed E-state index contributed by atoms with van der Waals surface area (Å²) in [6.45, 7) is 6.67. The minimum Gasteiger partial charge on any atom is -0.490 e. The molecule has 2 N–H and O–H groups in total. The number of nitriles is 1. The third-order valence-electron chi connectivity index (χ3n) is 7.57. The largest absolute Gasteiger partial charge is 0.490 e. The summed E-state index contributed by atoms with van der Waals surface area (Å²) in [5, 5.41) is 23.5. The number of methoxy groups -OCH3 is 1. The average Bonchev–Trinajstić information content (AvgIpc) is 2.98. The van der Waals surface area contributed by atoms with E-state index in [9.17, 15) is 10.4 Å². The number of nitrogens with zero attached hydrogens (tertiary/aromatic N) is 2. The number of aliphatic hydroxyl groups is 1. The van der Waals surface area contributed by atoms with Crippen molar-refractivity contribution in [3.8, 4) is 23.3 Å². The molecule has 3 atom stereocenters. The van der Waals surface area contributed by atoms with E-state index < -0.39 is 6.10 Å². The highest BCUT2D eigenvalue weighted by atomic mass is 16.5. The van der Waals surface area contributed by atoms with Crippen molar-refractivity contribution < 1.29 is 24.1 Å². The normalized spacial score (nSPS) is 20.4. The highest BCUT2D eigenvalue weighted by Gasteiger charge is 2.34.